The SMILES string of the molecule is CC(C)CCCOc1ccc2c(c1)OCC2=O. The molecule has 17 heavy (non-hydrogen) atoms. The first-order chi connectivity index (χ1) is 8.16. The molecule has 0 aliphatic carbocycles. The lowest BCUT2D eigenvalue weighted by atomic mass is 10.1. The van der Waals surface area contributed by atoms with Gasteiger partial charge in [-0.3, -0.25) is 4.79 Å². The minimum Gasteiger partial charge on any atom is -0.493 e. The van der Waals surface area contributed by atoms with Gasteiger partial charge in [0, 0.05) is 6.07 Å². The van der Waals surface area contributed by atoms with Crippen LogP contribution >= 0.6 is 0 Å². The van der Waals surface area contributed by atoms with E-state index in [0.29, 0.717) is 23.8 Å². The fraction of sp³-hybridized carbons (Fsp3) is 0.500. The van der Waals surface area contributed by atoms with Gasteiger partial charge < -0.3 is 9.47 Å². The normalized spacial score (nSPS) is 13.7. The fourth-order valence-corrected chi connectivity index (χ4v) is 1.84. The third kappa shape index (κ3) is 2.99. The number of carbonyl (C=O) groups excluding carboxylic acids is 1. The van der Waals surface area contributed by atoms with Crippen LogP contribution in [0.2, 0.25) is 0 Å². The van der Waals surface area contributed by atoms with Gasteiger partial charge in [0.2, 0.25) is 5.78 Å². The Balaban J connectivity index is 1.88. The van der Waals surface area contributed by atoms with Gasteiger partial charge in [-0.25, -0.2) is 0 Å². The molecule has 1 aromatic carbocycles. The monoisotopic (exact) mass is 234 g/mol. The highest BCUT2D eigenvalue weighted by atomic mass is 16.5. The minimum atomic E-state index is 0.0476. The molecule has 0 N–H and O–H groups in total. The molecular weight excluding hydrogens is 216 g/mol. The summed E-state index contributed by atoms with van der Waals surface area (Å²) in [5.74, 6) is 2.18. The van der Waals surface area contributed by atoms with Crippen molar-refractivity contribution in [1.29, 1.82) is 0 Å². The molecular formula is C14H18O3. The van der Waals surface area contributed by atoms with Crippen LogP contribution in [0.25, 0.3) is 0 Å². The largest absolute Gasteiger partial charge is 0.493 e. The summed E-state index contributed by atoms with van der Waals surface area (Å²) in [4.78, 5) is 11.3. The van der Waals surface area contributed by atoms with Crippen molar-refractivity contribution >= 4 is 5.78 Å². The lowest BCUT2D eigenvalue weighted by molar-refractivity contribution is 0.0961. The van der Waals surface area contributed by atoms with E-state index >= 15 is 0 Å². The van der Waals surface area contributed by atoms with Crippen LogP contribution in [0, 0.1) is 5.92 Å². The van der Waals surface area contributed by atoms with Gasteiger partial charge in [0.05, 0.1) is 12.2 Å². The minimum absolute atomic E-state index is 0.0476. The van der Waals surface area contributed by atoms with Crippen LogP contribution in [0.5, 0.6) is 11.5 Å². The highest BCUT2D eigenvalue weighted by Gasteiger charge is 2.21. The van der Waals surface area contributed by atoms with Gasteiger partial charge >= 0.3 is 0 Å². The number of carbonyl (C=O) groups is 1. The maximum atomic E-state index is 11.3. The zero-order valence-electron chi connectivity index (χ0n) is 10.4. The third-order valence-corrected chi connectivity index (χ3v) is 2.81. The molecule has 1 aliphatic rings. The van der Waals surface area contributed by atoms with E-state index in [2.05, 4.69) is 13.8 Å². The predicted molar refractivity (Wildman–Crippen MR) is 65.8 cm³/mol. The van der Waals surface area contributed by atoms with Crippen LogP contribution in [0.1, 0.15) is 37.0 Å². The van der Waals surface area contributed by atoms with E-state index in [1.807, 2.05) is 6.07 Å². The molecule has 0 spiro atoms. The van der Waals surface area contributed by atoms with Gasteiger partial charge in [-0.15, -0.1) is 0 Å². The number of Topliss-reactive ketones (excluding diaryl/α,β-unsaturated/α-hetero) is 1. The second-order valence-electron chi connectivity index (χ2n) is 4.75. The number of ketones is 1. The molecule has 0 radical (unpaired) electrons. The second kappa shape index (κ2) is 5.21. The molecule has 0 saturated heterocycles. The Bertz CT molecular complexity index is 410. The molecule has 1 heterocycles. The van der Waals surface area contributed by atoms with E-state index in [1.54, 1.807) is 12.1 Å². The van der Waals surface area contributed by atoms with E-state index in [-0.39, 0.29) is 12.4 Å². The zero-order valence-corrected chi connectivity index (χ0v) is 10.4. The first kappa shape index (κ1) is 12.0. The van der Waals surface area contributed by atoms with Gasteiger partial charge in [0.1, 0.15) is 11.5 Å². The molecule has 2 rings (SSSR count). The quantitative estimate of drug-likeness (QED) is 0.734. The van der Waals surface area contributed by atoms with Crippen LogP contribution in [0.15, 0.2) is 18.2 Å². The number of hydrogen-bond acceptors (Lipinski definition) is 3. The molecule has 0 bridgehead atoms. The molecule has 0 aromatic heterocycles. The smallest absolute Gasteiger partial charge is 0.203 e. The van der Waals surface area contributed by atoms with E-state index in [9.17, 15) is 4.79 Å². The standard InChI is InChI=1S/C14H18O3/c1-10(2)4-3-7-16-11-5-6-12-13(15)9-17-14(12)8-11/h5-6,8,10H,3-4,7,9H2,1-2H3. The van der Waals surface area contributed by atoms with Crippen LogP contribution in [-0.4, -0.2) is 19.0 Å². The lowest BCUT2D eigenvalue weighted by Crippen LogP contribution is -1.99. The van der Waals surface area contributed by atoms with Gasteiger partial charge in [0.15, 0.2) is 6.61 Å². The molecule has 0 fully saturated rings. The van der Waals surface area contributed by atoms with Crippen molar-refractivity contribution in [2.24, 2.45) is 5.92 Å². The molecule has 0 unspecified atom stereocenters. The zero-order chi connectivity index (χ0) is 12.3. The summed E-state index contributed by atoms with van der Waals surface area (Å²) in [6.45, 7) is 5.28. The van der Waals surface area contributed by atoms with Crippen LogP contribution in [-0.2, 0) is 0 Å². The average Bonchev–Trinajstić information content (AvgIpc) is 2.66. The Morgan fingerprint density at radius 3 is 3.00 bits per heavy atom. The molecule has 1 aromatic rings. The van der Waals surface area contributed by atoms with Gasteiger partial charge in [0.25, 0.3) is 0 Å². The summed E-state index contributed by atoms with van der Waals surface area (Å²) in [6.07, 6.45) is 2.22. The van der Waals surface area contributed by atoms with Crippen molar-refractivity contribution in [2.75, 3.05) is 13.2 Å². The van der Waals surface area contributed by atoms with Crippen molar-refractivity contribution in [2.45, 2.75) is 26.7 Å². The highest BCUT2D eigenvalue weighted by Crippen LogP contribution is 2.29. The maximum Gasteiger partial charge on any atom is 0.203 e. The van der Waals surface area contributed by atoms with E-state index in [0.717, 1.165) is 12.2 Å². The number of hydrogen-bond donors (Lipinski definition) is 0. The van der Waals surface area contributed by atoms with Crippen molar-refractivity contribution < 1.29 is 14.3 Å². The number of rotatable bonds is 5. The highest BCUT2D eigenvalue weighted by molar-refractivity contribution is 6.02. The summed E-state index contributed by atoms with van der Waals surface area (Å²) in [6, 6.07) is 5.42. The van der Waals surface area contributed by atoms with Crippen molar-refractivity contribution in [3.63, 3.8) is 0 Å². The molecule has 92 valence electrons. The first-order valence-corrected chi connectivity index (χ1v) is 6.09. The molecule has 3 nitrogen and oxygen atoms in total. The lowest BCUT2D eigenvalue weighted by Gasteiger charge is -2.08. The van der Waals surface area contributed by atoms with Gasteiger partial charge in [-0.1, -0.05) is 13.8 Å². The second-order valence-corrected chi connectivity index (χ2v) is 4.75. The Morgan fingerprint density at radius 1 is 1.41 bits per heavy atom. The summed E-state index contributed by atoms with van der Waals surface area (Å²) < 4.78 is 10.9. The summed E-state index contributed by atoms with van der Waals surface area (Å²) in [7, 11) is 0. The van der Waals surface area contributed by atoms with Crippen molar-refractivity contribution in [1.82, 2.24) is 0 Å². The van der Waals surface area contributed by atoms with Crippen LogP contribution in [0.4, 0.5) is 0 Å². The maximum absolute atomic E-state index is 11.3. The van der Waals surface area contributed by atoms with E-state index < -0.39 is 0 Å². The fourth-order valence-electron chi connectivity index (χ4n) is 1.84. The predicted octanol–water partition coefficient (Wildman–Crippen LogP) is 3.08. The number of ether oxygens (including phenoxy) is 2. The van der Waals surface area contributed by atoms with Crippen molar-refractivity contribution in [3.05, 3.63) is 23.8 Å². The van der Waals surface area contributed by atoms with Crippen molar-refractivity contribution in [3.8, 4) is 11.5 Å². The summed E-state index contributed by atoms with van der Waals surface area (Å²) in [5, 5.41) is 0. The first-order valence-electron chi connectivity index (χ1n) is 6.09. The Hall–Kier alpha value is -1.51. The van der Waals surface area contributed by atoms with Crippen LogP contribution in [0.3, 0.4) is 0 Å². The summed E-state index contributed by atoms with van der Waals surface area (Å²) in [5.41, 5.74) is 0.666. The third-order valence-electron chi connectivity index (χ3n) is 2.81. The molecule has 3 heteroatoms. The Kier molecular flexibility index (Phi) is 3.67. The molecule has 0 atom stereocenters. The average molecular weight is 234 g/mol. The Labute approximate surface area is 102 Å². The van der Waals surface area contributed by atoms with Gasteiger partial charge in [-0.05, 0) is 30.9 Å². The van der Waals surface area contributed by atoms with E-state index in [4.69, 9.17) is 9.47 Å². The van der Waals surface area contributed by atoms with Crippen LogP contribution < -0.4 is 9.47 Å². The molecule has 1 aliphatic heterocycles. The van der Waals surface area contributed by atoms with E-state index in [1.165, 1.54) is 6.42 Å². The number of benzene rings is 1. The molecule has 0 saturated carbocycles. The number of fused-ring (bicyclic) bond motifs is 1. The van der Waals surface area contributed by atoms with Gasteiger partial charge in [-0.2, -0.15) is 0 Å². The summed E-state index contributed by atoms with van der Waals surface area (Å²) >= 11 is 0. The topological polar surface area (TPSA) is 35.5 Å². The Morgan fingerprint density at radius 2 is 2.24 bits per heavy atom. The molecule has 0 amide bonds.